The van der Waals surface area contributed by atoms with Gasteiger partial charge in [-0.2, -0.15) is 0 Å². The van der Waals surface area contributed by atoms with Gasteiger partial charge in [-0.3, -0.25) is 4.79 Å². The molecule has 1 saturated heterocycles. The third-order valence-corrected chi connectivity index (χ3v) is 5.21. The van der Waals surface area contributed by atoms with E-state index < -0.39 is 0 Å². The first kappa shape index (κ1) is 16.7. The van der Waals surface area contributed by atoms with Crippen LogP contribution >= 0.6 is 0 Å². The molecule has 0 spiro atoms. The maximum absolute atomic E-state index is 12.5. The third-order valence-electron chi connectivity index (χ3n) is 5.21. The molecule has 2 unspecified atom stereocenters. The molecule has 1 aliphatic heterocycles. The van der Waals surface area contributed by atoms with E-state index >= 15 is 0 Å². The number of likely N-dealkylation sites (N-methyl/N-ethyl adjacent to an activating group) is 2. The second-order valence-corrected chi connectivity index (χ2v) is 6.71. The van der Waals surface area contributed by atoms with Gasteiger partial charge in [0.2, 0.25) is 5.91 Å². The zero-order valence-electron chi connectivity index (χ0n) is 13.8. The molecule has 21 heavy (non-hydrogen) atoms. The Morgan fingerprint density at radius 1 is 1.24 bits per heavy atom. The molecular weight excluding hydrogens is 266 g/mol. The van der Waals surface area contributed by atoms with Crippen molar-refractivity contribution >= 4 is 5.91 Å². The van der Waals surface area contributed by atoms with Crippen LogP contribution in [0.4, 0.5) is 0 Å². The monoisotopic (exact) mass is 297 g/mol. The van der Waals surface area contributed by atoms with Crippen LogP contribution in [-0.2, 0) is 9.53 Å². The Hall–Kier alpha value is -0.650. The van der Waals surface area contributed by atoms with E-state index in [4.69, 9.17) is 4.74 Å². The van der Waals surface area contributed by atoms with Crippen LogP contribution in [0.5, 0.6) is 0 Å². The lowest BCUT2D eigenvalue weighted by Gasteiger charge is -2.43. The van der Waals surface area contributed by atoms with E-state index in [1.54, 1.807) is 0 Å². The van der Waals surface area contributed by atoms with E-state index in [1.165, 1.54) is 32.1 Å². The van der Waals surface area contributed by atoms with Gasteiger partial charge in [0.05, 0.1) is 19.1 Å². The number of amides is 1. The molecule has 5 nitrogen and oxygen atoms in total. The lowest BCUT2D eigenvalue weighted by atomic mass is 9.80. The van der Waals surface area contributed by atoms with Crippen molar-refractivity contribution < 1.29 is 9.53 Å². The van der Waals surface area contributed by atoms with Crippen LogP contribution < -0.4 is 10.6 Å². The maximum Gasteiger partial charge on any atom is 0.227 e. The molecule has 1 saturated carbocycles. The number of hydrogen-bond acceptors (Lipinski definition) is 4. The van der Waals surface area contributed by atoms with Crippen LogP contribution in [0.15, 0.2) is 0 Å². The highest BCUT2D eigenvalue weighted by molar-refractivity contribution is 5.80. The molecule has 5 heteroatoms. The molecule has 2 atom stereocenters. The van der Waals surface area contributed by atoms with Crippen molar-refractivity contribution in [1.29, 1.82) is 0 Å². The van der Waals surface area contributed by atoms with E-state index in [9.17, 15) is 4.79 Å². The smallest absolute Gasteiger partial charge is 0.227 e. The second-order valence-electron chi connectivity index (χ2n) is 6.71. The summed E-state index contributed by atoms with van der Waals surface area (Å²) in [7, 11) is 4.27. The quantitative estimate of drug-likeness (QED) is 0.768. The number of carbonyl (C=O) groups is 1. The van der Waals surface area contributed by atoms with Gasteiger partial charge in [-0.1, -0.05) is 26.2 Å². The van der Waals surface area contributed by atoms with Crippen molar-refractivity contribution in [1.82, 2.24) is 15.5 Å². The number of rotatable bonds is 6. The highest BCUT2D eigenvalue weighted by Crippen LogP contribution is 2.31. The van der Waals surface area contributed by atoms with Gasteiger partial charge in [-0.25, -0.2) is 0 Å². The molecule has 0 aromatic rings. The Kier molecular flexibility index (Phi) is 6.02. The Balaban J connectivity index is 1.89. The van der Waals surface area contributed by atoms with E-state index in [0.717, 1.165) is 13.1 Å². The van der Waals surface area contributed by atoms with Crippen LogP contribution in [0.2, 0.25) is 0 Å². The Labute approximate surface area is 128 Å². The van der Waals surface area contributed by atoms with E-state index in [-0.39, 0.29) is 23.4 Å². The molecule has 0 aromatic heterocycles. The van der Waals surface area contributed by atoms with Crippen molar-refractivity contribution in [3.63, 3.8) is 0 Å². The molecule has 1 amide bonds. The molecule has 2 N–H and O–H groups in total. The fraction of sp³-hybridized carbons (Fsp3) is 0.938. The van der Waals surface area contributed by atoms with Gasteiger partial charge in [-0.15, -0.1) is 0 Å². The topological polar surface area (TPSA) is 53.6 Å². The average molecular weight is 297 g/mol. The first-order chi connectivity index (χ1) is 10.1. The largest absolute Gasteiger partial charge is 0.379 e. The maximum atomic E-state index is 12.5. The van der Waals surface area contributed by atoms with Crippen LogP contribution in [0.1, 0.15) is 39.0 Å². The Morgan fingerprint density at radius 2 is 1.95 bits per heavy atom. The molecular formula is C16H31N3O2. The predicted octanol–water partition coefficient (Wildman–Crippen LogP) is 0.992. The zero-order valence-corrected chi connectivity index (χ0v) is 13.8. The summed E-state index contributed by atoms with van der Waals surface area (Å²) < 4.78 is 5.47. The van der Waals surface area contributed by atoms with Crippen molar-refractivity contribution in [2.45, 2.75) is 50.6 Å². The number of nitrogens with zero attached hydrogens (tertiary/aromatic N) is 1. The van der Waals surface area contributed by atoms with Gasteiger partial charge in [0.15, 0.2) is 0 Å². The number of nitrogens with one attached hydrogen (secondary N) is 2. The Bertz CT molecular complexity index is 340. The van der Waals surface area contributed by atoms with Gasteiger partial charge in [-0.05, 0) is 33.5 Å². The second kappa shape index (κ2) is 7.56. The fourth-order valence-electron chi connectivity index (χ4n) is 3.65. The van der Waals surface area contributed by atoms with Gasteiger partial charge in [0.25, 0.3) is 0 Å². The SMILES string of the molecule is CCNC1COCC1C(=O)NCC1(N(C)C)CCCCC1. The van der Waals surface area contributed by atoms with Crippen LogP contribution in [0, 0.1) is 5.92 Å². The third kappa shape index (κ3) is 3.96. The summed E-state index contributed by atoms with van der Waals surface area (Å²) in [5, 5.41) is 6.55. The van der Waals surface area contributed by atoms with Crippen molar-refractivity contribution in [2.75, 3.05) is 40.4 Å². The molecule has 1 aliphatic carbocycles. The molecule has 0 radical (unpaired) electrons. The molecule has 122 valence electrons. The summed E-state index contributed by atoms with van der Waals surface area (Å²) in [5.74, 6) is 0.0954. The first-order valence-electron chi connectivity index (χ1n) is 8.35. The van der Waals surface area contributed by atoms with Crippen molar-refractivity contribution in [3.8, 4) is 0 Å². The zero-order chi connectivity index (χ0) is 15.3. The minimum absolute atomic E-state index is 0.0484. The molecule has 0 aromatic carbocycles. The summed E-state index contributed by atoms with van der Waals surface area (Å²) in [6, 6.07) is 0.164. The van der Waals surface area contributed by atoms with Crippen molar-refractivity contribution in [2.24, 2.45) is 5.92 Å². The number of ether oxygens (including phenoxy) is 1. The molecule has 0 bridgehead atoms. The minimum Gasteiger partial charge on any atom is -0.379 e. The normalized spacial score (nSPS) is 28.8. The first-order valence-corrected chi connectivity index (χ1v) is 8.35. The van der Waals surface area contributed by atoms with Gasteiger partial charge in [0.1, 0.15) is 0 Å². The molecule has 2 fully saturated rings. The fourth-order valence-corrected chi connectivity index (χ4v) is 3.65. The number of carbonyl (C=O) groups excluding carboxylic acids is 1. The minimum atomic E-state index is -0.0484. The van der Waals surface area contributed by atoms with Crippen molar-refractivity contribution in [3.05, 3.63) is 0 Å². The van der Waals surface area contributed by atoms with E-state index in [1.807, 2.05) is 0 Å². The van der Waals surface area contributed by atoms with Gasteiger partial charge in [0, 0.05) is 18.1 Å². The summed E-state index contributed by atoms with van der Waals surface area (Å²) in [6.45, 7) is 4.88. The predicted molar refractivity (Wildman–Crippen MR) is 84.3 cm³/mol. The Morgan fingerprint density at radius 3 is 2.57 bits per heavy atom. The summed E-state index contributed by atoms with van der Waals surface area (Å²) >= 11 is 0. The van der Waals surface area contributed by atoms with E-state index in [2.05, 4.69) is 36.6 Å². The van der Waals surface area contributed by atoms with E-state index in [0.29, 0.717) is 13.2 Å². The summed E-state index contributed by atoms with van der Waals surface area (Å²) in [6.07, 6.45) is 6.21. The lowest BCUT2D eigenvalue weighted by molar-refractivity contribution is -0.126. The standard InChI is InChI=1S/C16H31N3O2/c1-4-17-14-11-21-10-13(14)15(20)18-12-16(19(2)3)8-6-5-7-9-16/h13-14,17H,4-12H2,1-3H3,(H,18,20). The van der Waals surface area contributed by atoms with Gasteiger partial charge < -0.3 is 20.3 Å². The highest BCUT2D eigenvalue weighted by Gasteiger charge is 2.37. The molecule has 1 heterocycles. The van der Waals surface area contributed by atoms with Crippen LogP contribution in [0.3, 0.4) is 0 Å². The molecule has 2 rings (SSSR count). The van der Waals surface area contributed by atoms with Gasteiger partial charge >= 0.3 is 0 Å². The van der Waals surface area contributed by atoms with Crippen LogP contribution in [-0.4, -0.2) is 62.8 Å². The number of hydrogen-bond donors (Lipinski definition) is 2. The lowest BCUT2D eigenvalue weighted by Crippen LogP contribution is -2.55. The summed E-state index contributed by atoms with van der Waals surface area (Å²) in [4.78, 5) is 14.8. The average Bonchev–Trinajstić information content (AvgIpc) is 2.94. The summed E-state index contributed by atoms with van der Waals surface area (Å²) in [5.41, 5.74) is 0.140. The highest BCUT2D eigenvalue weighted by atomic mass is 16.5. The molecule has 2 aliphatic rings. The van der Waals surface area contributed by atoms with Crippen LogP contribution in [0.25, 0.3) is 0 Å².